The molecule has 0 saturated carbocycles. The zero-order valence-electron chi connectivity index (χ0n) is 16.3. The first-order chi connectivity index (χ1) is 13.0. The lowest BCUT2D eigenvalue weighted by Gasteiger charge is -2.30. The molecule has 7 nitrogen and oxygen atoms in total. The van der Waals surface area contributed by atoms with Gasteiger partial charge in [-0.15, -0.1) is 0 Å². The number of likely N-dealkylation sites (tertiary alicyclic amines) is 1. The van der Waals surface area contributed by atoms with Gasteiger partial charge in [0.1, 0.15) is 5.69 Å². The molecule has 1 amide bonds. The molecular weight excluding hydrogens is 344 g/mol. The van der Waals surface area contributed by atoms with Crippen LogP contribution in [0.1, 0.15) is 35.9 Å². The first-order valence-electron chi connectivity index (χ1n) is 9.14. The van der Waals surface area contributed by atoms with Gasteiger partial charge in [-0.2, -0.15) is 0 Å². The van der Waals surface area contributed by atoms with E-state index in [-0.39, 0.29) is 5.91 Å². The second kappa shape index (κ2) is 8.24. The highest BCUT2D eigenvalue weighted by molar-refractivity contribution is 5.92. The van der Waals surface area contributed by atoms with Gasteiger partial charge in [-0.1, -0.05) is 6.92 Å². The third-order valence-corrected chi connectivity index (χ3v) is 4.66. The van der Waals surface area contributed by atoms with E-state index in [1.807, 2.05) is 17.9 Å². The molecule has 144 valence electrons. The highest BCUT2D eigenvalue weighted by Gasteiger charge is 2.23. The summed E-state index contributed by atoms with van der Waals surface area (Å²) in [7, 11) is 3.18. The highest BCUT2D eigenvalue weighted by Crippen LogP contribution is 2.30. The van der Waals surface area contributed by atoms with E-state index in [2.05, 4.69) is 22.2 Å². The van der Waals surface area contributed by atoms with Crippen LogP contribution in [0.25, 0.3) is 0 Å². The fraction of sp³-hybridized carbons (Fsp3) is 0.450. The van der Waals surface area contributed by atoms with E-state index in [9.17, 15) is 4.79 Å². The number of hydrogen-bond donors (Lipinski definition) is 1. The van der Waals surface area contributed by atoms with E-state index in [0.29, 0.717) is 29.1 Å². The Labute approximate surface area is 159 Å². The van der Waals surface area contributed by atoms with Crippen molar-refractivity contribution in [1.29, 1.82) is 0 Å². The van der Waals surface area contributed by atoms with Crippen molar-refractivity contribution in [3.8, 4) is 11.5 Å². The van der Waals surface area contributed by atoms with Crippen molar-refractivity contribution >= 4 is 17.5 Å². The number of benzene rings is 1. The minimum absolute atomic E-state index is 0.0394. The smallest absolute Gasteiger partial charge is 0.272 e. The van der Waals surface area contributed by atoms with Gasteiger partial charge in [-0.05, 0) is 43.9 Å². The van der Waals surface area contributed by atoms with Crippen LogP contribution in [-0.4, -0.2) is 48.1 Å². The standard InChI is InChI=1S/C20H26N4O3/c1-13-6-5-9-24(12-13)19(25)16-10-14(2)21-20(23-16)22-15-7-8-17(26-3)18(11-15)27-4/h7-8,10-11,13H,5-6,9,12H2,1-4H3,(H,21,22,23). The third kappa shape index (κ3) is 4.48. The van der Waals surface area contributed by atoms with Crippen molar-refractivity contribution in [3.05, 3.63) is 35.7 Å². The van der Waals surface area contributed by atoms with Crippen LogP contribution in [0, 0.1) is 12.8 Å². The number of carbonyl (C=O) groups is 1. The molecule has 27 heavy (non-hydrogen) atoms. The molecule has 2 heterocycles. The summed E-state index contributed by atoms with van der Waals surface area (Å²) in [6.07, 6.45) is 2.20. The van der Waals surface area contributed by atoms with Crippen LogP contribution in [0.2, 0.25) is 0 Å². The Morgan fingerprint density at radius 2 is 1.96 bits per heavy atom. The summed E-state index contributed by atoms with van der Waals surface area (Å²) in [5.41, 5.74) is 1.91. The van der Waals surface area contributed by atoms with Gasteiger partial charge >= 0.3 is 0 Å². The molecule has 1 saturated heterocycles. The van der Waals surface area contributed by atoms with Gasteiger partial charge in [0.25, 0.3) is 5.91 Å². The zero-order chi connectivity index (χ0) is 19.4. The number of carbonyl (C=O) groups excluding carboxylic acids is 1. The van der Waals surface area contributed by atoms with Crippen LogP contribution in [0.3, 0.4) is 0 Å². The molecule has 1 aliphatic heterocycles. The fourth-order valence-corrected chi connectivity index (χ4v) is 3.31. The molecular formula is C20H26N4O3. The molecule has 1 aliphatic rings. The first kappa shape index (κ1) is 18.9. The van der Waals surface area contributed by atoms with Gasteiger partial charge in [-0.3, -0.25) is 4.79 Å². The summed E-state index contributed by atoms with van der Waals surface area (Å²) in [6, 6.07) is 7.19. The van der Waals surface area contributed by atoms with Gasteiger partial charge in [0, 0.05) is 30.5 Å². The molecule has 1 aromatic carbocycles. The molecule has 0 radical (unpaired) electrons. The number of aromatic nitrogens is 2. The lowest BCUT2D eigenvalue weighted by Crippen LogP contribution is -2.39. The van der Waals surface area contributed by atoms with Gasteiger partial charge in [-0.25, -0.2) is 9.97 Å². The molecule has 1 unspecified atom stereocenters. The normalized spacial score (nSPS) is 16.7. The van der Waals surface area contributed by atoms with E-state index in [1.165, 1.54) is 6.42 Å². The molecule has 3 rings (SSSR count). The lowest BCUT2D eigenvalue weighted by molar-refractivity contribution is 0.0677. The Morgan fingerprint density at radius 3 is 2.67 bits per heavy atom. The number of amides is 1. The number of rotatable bonds is 5. The number of hydrogen-bond acceptors (Lipinski definition) is 6. The van der Waals surface area contributed by atoms with Crippen LogP contribution < -0.4 is 14.8 Å². The van der Waals surface area contributed by atoms with E-state index in [4.69, 9.17) is 9.47 Å². The summed E-state index contributed by atoms with van der Waals surface area (Å²) in [5.74, 6) is 2.12. The van der Waals surface area contributed by atoms with Crippen LogP contribution in [0.4, 0.5) is 11.6 Å². The maximum atomic E-state index is 12.9. The maximum absolute atomic E-state index is 12.9. The van der Waals surface area contributed by atoms with E-state index in [0.717, 1.165) is 30.9 Å². The average Bonchev–Trinajstić information content (AvgIpc) is 2.66. The summed E-state index contributed by atoms with van der Waals surface area (Å²) in [5, 5.41) is 3.15. The topological polar surface area (TPSA) is 76.6 Å². The second-order valence-corrected chi connectivity index (χ2v) is 6.91. The average molecular weight is 370 g/mol. The van der Waals surface area contributed by atoms with Crippen molar-refractivity contribution in [2.75, 3.05) is 32.6 Å². The number of aryl methyl sites for hydroxylation is 1. The van der Waals surface area contributed by atoms with Gasteiger partial charge in [0.15, 0.2) is 11.5 Å². The molecule has 0 spiro atoms. The van der Waals surface area contributed by atoms with Crippen LogP contribution in [0.5, 0.6) is 11.5 Å². The van der Waals surface area contributed by atoms with Crippen molar-refractivity contribution in [2.24, 2.45) is 5.92 Å². The van der Waals surface area contributed by atoms with Gasteiger partial charge in [0.05, 0.1) is 14.2 Å². The number of nitrogens with one attached hydrogen (secondary N) is 1. The monoisotopic (exact) mass is 370 g/mol. The Kier molecular flexibility index (Phi) is 5.78. The summed E-state index contributed by atoms with van der Waals surface area (Å²) in [4.78, 5) is 23.6. The predicted octanol–water partition coefficient (Wildman–Crippen LogP) is 3.42. The first-order valence-corrected chi connectivity index (χ1v) is 9.14. The summed E-state index contributed by atoms with van der Waals surface area (Å²) >= 11 is 0. The Morgan fingerprint density at radius 1 is 1.19 bits per heavy atom. The Balaban J connectivity index is 1.82. The molecule has 0 aliphatic carbocycles. The lowest BCUT2D eigenvalue weighted by atomic mass is 10.00. The number of piperidine rings is 1. The van der Waals surface area contributed by atoms with Crippen molar-refractivity contribution in [2.45, 2.75) is 26.7 Å². The van der Waals surface area contributed by atoms with Gasteiger partial charge in [0.2, 0.25) is 5.95 Å². The predicted molar refractivity (Wildman–Crippen MR) is 104 cm³/mol. The summed E-state index contributed by atoms with van der Waals surface area (Å²) in [6.45, 7) is 5.59. The largest absolute Gasteiger partial charge is 0.493 e. The Hall–Kier alpha value is -2.83. The van der Waals surface area contributed by atoms with Gasteiger partial charge < -0.3 is 19.7 Å². The van der Waals surface area contributed by atoms with Crippen molar-refractivity contribution < 1.29 is 14.3 Å². The third-order valence-electron chi connectivity index (χ3n) is 4.66. The molecule has 1 aromatic heterocycles. The number of nitrogens with zero attached hydrogens (tertiary/aromatic N) is 3. The maximum Gasteiger partial charge on any atom is 0.272 e. The fourth-order valence-electron chi connectivity index (χ4n) is 3.31. The quantitative estimate of drug-likeness (QED) is 0.869. The molecule has 0 bridgehead atoms. The number of methoxy groups -OCH3 is 2. The van der Waals surface area contributed by atoms with Crippen molar-refractivity contribution in [3.63, 3.8) is 0 Å². The number of anilines is 2. The molecule has 2 aromatic rings. The van der Waals surface area contributed by atoms with E-state index < -0.39 is 0 Å². The SMILES string of the molecule is COc1ccc(Nc2nc(C)cc(C(=O)N3CCCC(C)C3)n2)cc1OC. The Bertz CT molecular complexity index is 825. The van der Waals surface area contributed by atoms with Crippen LogP contribution >= 0.6 is 0 Å². The van der Waals surface area contributed by atoms with Crippen molar-refractivity contribution in [1.82, 2.24) is 14.9 Å². The highest BCUT2D eigenvalue weighted by atomic mass is 16.5. The molecule has 1 N–H and O–H groups in total. The molecule has 1 atom stereocenters. The molecule has 7 heteroatoms. The minimum Gasteiger partial charge on any atom is -0.493 e. The summed E-state index contributed by atoms with van der Waals surface area (Å²) < 4.78 is 10.6. The van der Waals surface area contributed by atoms with Crippen LogP contribution in [0.15, 0.2) is 24.3 Å². The van der Waals surface area contributed by atoms with E-state index in [1.54, 1.807) is 32.4 Å². The minimum atomic E-state index is -0.0394. The zero-order valence-corrected chi connectivity index (χ0v) is 16.3. The second-order valence-electron chi connectivity index (χ2n) is 6.91. The number of ether oxygens (including phenoxy) is 2. The van der Waals surface area contributed by atoms with E-state index >= 15 is 0 Å². The van der Waals surface area contributed by atoms with Crippen LogP contribution in [-0.2, 0) is 0 Å². The molecule has 1 fully saturated rings.